The summed E-state index contributed by atoms with van der Waals surface area (Å²) in [4.78, 5) is 13.5. The van der Waals surface area contributed by atoms with Gasteiger partial charge in [0.1, 0.15) is 5.82 Å². The number of carbonyl (C=O) groups is 1. The van der Waals surface area contributed by atoms with Crippen molar-refractivity contribution >= 4 is 15.9 Å². The highest BCUT2D eigenvalue weighted by atomic mass is 32.2. The van der Waals surface area contributed by atoms with Crippen LogP contribution in [0.15, 0.2) is 53.4 Å². The largest absolute Gasteiger partial charge is 0.478 e. The zero-order chi connectivity index (χ0) is 17.7. The van der Waals surface area contributed by atoms with Gasteiger partial charge in [0.05, 0.1) is 4.90 Å². The maximum atomic E-state index is 13.4. The van der Waals surface area contributed by atoms with Crippen molar-refractivity contribution in [1.82, 2.24) is 10.3 Å². The molecule has 0 aliphatic carbocycles. The van der Waals surface area contributed by atoms with Crippen molar-refractivity contribution in [2.45, 2.75) is 17.9 Å². The molecule has 0 bridgehead atoms. The van der Waals surface area contributed by atoms with Crippen LogP contribution >= 0.6 is 0 Å². The predicted octanol–water partition coefficient (Wildman–Crippen LogP) is 1.74. The van der Waals surface area contributed by atoms with Gasteiger partial charge >= 0.3 is 0 Å². The van der Waals surface area contributed by atoms with Gasteiger partial charge in [0.25, 0.3) is 15.9 Å². The molecule has 6 nitrogen and oxygen atoms in total. The van der Waals surface area contributed by atoms with Crippen molar-refractivity contribution in [3.63, 3.8) is 0 Å². The minimum Gasteiger partial charge on any atom is -0.478 e. The molecule has 0 aliphatic heterocycles. The van der Waals surface area contributed by atoms with E-state index in [0.29, 0.717) is 0 Å². The van der Waals surface area contributed by atoms with Gasteiger partial charge in [-0.2, -0.15) is 0 Å². The molecule has 1 amide bonds. The highest BCUT2D eigenvalue weighted by molar-refractivity contribution is 7.89. The van der Waals surface area contributed by atoms with E-state index in [1.165, 1.54) is 25.1 Å². The molecule has 0 aromatic heterocycles. The second kappa shape index (κ2) is 7.37. The molecule has 0 saturated carbocycles. The predicted molar refractivity (Wildman–Crippen MR) is 81.4 cm³/mol. The van der Waals surface area contributed by atoms with Crippen LogP contribution in [0.3, 0.4) is 0 Å². The molecule has 0 unspecified atom stereocenters. The third kappa shape index (κ3) is 4.49. The van der Waals surface area contributed by atoms with Gasteiger partial charge in [0.2, 0.25) is 0 Å². The first kappa shape index (κ1) is 17.8. The van der Waals surface area contributed by atoms with Crippen LogP contribution in [0.25, 0.3) is 0 Å². The van der Waals surface area contributed by atoms with Crippen LogP contribution < -0.4 is 15.0 Å². The fourth-order valence-electron chi connectivity index (χ4n) is 1.68. The molecule has 0 radical (unpaired) electrons. The van der Waals surface area contributed by atoms with Crippen molar-refractivity contribution in [2.24, 2.45) is 0 Å². The number of rotatable bonds is 6. The molecule has 128 valence electrons. The van der Waals surface area contributed by atoms with Crippen LogP contribution in [-0.4, -0.2) is 20.4 Å². The summed E-state index contributed by atoms with van der Waals surface area (Å²) < 4.78 is 55.2. The van der Waals surface area contributed by atoms with E-state index in [2.05, 4.69) is 0 Å². The number of nitrogens with one attached hydrogen (secondary N) is 2. The molecule has 9 heteroatoms. The Morgan fingerprint density at radius 2 is 1.71 bits per heavy atom. The van der Waals surface area contributed by atoms with Crippen molar-refractivity contribution in [3.8, 4) is 5.75 Å². The maximum absolute atomic E-state index is 13.4. The number of amides is 1. The van der Waals surface area contributed by atoms with E-state index in [0.717, 1.165) is 30.3 Å². The molecule has 0 aliphatic rings. The number of carbonyl (C=O) groups excluding carboxylic acids is 1. The van der Waals surface area contributed by atoms with E-state index >= 15 is 0 Å². The zero-order valence-electron chi connectivity index (χ0n) is 12.5. The Hall–Kier alpha value is -2.52. The lowest BCUT2D eigenvalue weighted by molar-refractivity contribution is -0.127. The molecule has 0 fully saturated rings. The second-order valence-electron chi connectivity index (χ2n) is 4.74. The minimum atomic E-state index is -4.06. The molecule has 2 aromatic rings. The van der Waals surface area contributed by atoms with Crippen molar-refractivity contribution < 1.29 is 26.7 Å². The van der Waals surface area contributed by atoms with Crippen LogP contribution in [0.2, 0.25) is 0 Å². The minimum absolute atomic E-state index is 0.137. The lowest BCUT2D eigenvalue weighted by Crippen LogP contribution is -2.47. The van der Waals surface area contributed by atoms with Crippen LogP contribution in [0, 0.1) is 11.6 Å². The lowest BCUT2D eigenvalue weighted by Gasteiger charge is -2.15. The van der Waals surface area contributed by atoms with E-state index in [4.69, 9.17) is 4.74 Å². The van der Waals surface area contributed by atoms with Gasteiger partial charge in [-0.3, -0.25) is 10.2 Å². The summed E-state index contributed by atoms with van der Waals surface area (Å²) in [6, 6.07) is 9.52. The van der Waals surface area contributed by atoms with E-state index in [1.54, 1.807) is 0 Å². The Bertz CT molecular complexity index is 826. The number of hydrazine groups is 1. The van der Waals surface area contributed by atoms with Gasteiger partial charge in [-0.1, -0.05) is 12.1 Å². The Balaban J connectivity index is 1.97. The summed E-state index contributed by atoms with van der Waals surface area (Å²) in [6.45, 7) is 1.33. The van der Waals surface area contributed by atoms with Crippen LogP contribution in [-0.2, 0) is 14.8 Å². The van der Waals surface area contributed by atoms with E-state index < -0.39 is 33.7 Å². The molecule has 1 atom stereocenters. The fourth-order valence-corrected chi connectivity index (χ4v) is 2.52. The van der Waals surface area contributed by atoms with Gasteiger partial charge in [-0.15, -0.1) is 4.83 Å². The molecule has 0 heterocycles. The van der Waals surface area contributed by atoms with E-state index in [1.807, 2.05) is 10.3 Å². The first-order chi connectivity index (χ1) is 11.3. The molecule has 0 saturated heterocycles. The monoisotopic (exact) mass is 356 g/mol. The number of benzene rings is 2. The van der Waals surface area contributed by atoms with Crippen molar-refractivity contribution in [2.75, 3.05) is 0 Å². The smallest absolute Gasteiger partial charge is 0.275 e. The fraction of sp³-hybridized carbons (Fsp3) is 0.133. The Labute approximate surface area is 137 Å². The zero-order valence-corrected chi connectivity index (χ0v) is 13.3. The Morgan fingerprint density at radius 1 is 1.08 bits per heavy atom. The highest BCUT2D eigenvalue weighted by Gasteiger charge is 2.20. The Kier molecular flexibility index (Phi) is 5.47. The van der Waals surface area contributed by atoms with Gasteiger partial charge in [0, 0.05) is 0 Å². The SMILES string of the molecule is C[C@H](Oc1ccccc1F)C(=O)NNS(=O)(=O)c1ccc(F)cc1. The number of hydrogen-bond acceptors (Lipinski definition) is 4. The quantitative estimate of drug-likeness (QED) is 0.772. The van der Waals surface area contributed by atoms with Gasteiger partial charge in [-0.25, -0.2) is 17.2 Å². The van der Waals surface area contributed by atoms with Crippen molar-refractivity contribution in [3.05, 3.63) is 60.2 Å². The average Bonchev–Trinajstić information content (AvgIpc) is 2.55. The first-order valence-corrected chi connectivity index (χ1v) is 8.26. The first-order valence-electron chi connectivity index (χ1n) is 6.78. The van der Waals surface area contributed by atoms with E-state index in [-0.39, 0.29) is 10.6 Å². The summed E-state index contributed by atoms with van der Waals surface area (Å²) in [6.07, 6.45) is -1.15. The van der Waals surface area contributed by atoms with Crippen LogP contribution in [0.4, 0.5) is 8.78 Å². The normalized spacial score (nSPS) is 12.5. The van der Waals surface area contributed by atoms with Crippen LogP contribution in [0.5, 0.6) is 5.75 Å². The number of hydrogen-bond donors (Lipinski definition) is 2. The van der Waals surface area contributed by atoms with E-state index in [9.17, 15) is 22.0 Å². The van der Waals surface area contributed by atoms with Gasteiger partial charge in [-0.05, 0) is 43.3 Å². The number of sulfonamides is 1. The maximum Gasteiger partial charge on any atom is 0.275 e. The van der Waals surface area contributed by atoms with Gasteiger partial charge < -0.3 is 4.74 Å². The molecule has 2 N–H and O–H groups in total. The lowest BCUT2D eigenvalue weighted by atomic mass is 10.3. The summed E-state index contributed by atoms with van der Waals surface area (Å²) in [5, 5.41) is 0. The molecule has 2 rings (SSSR count). The molecular weight excluding hydrogens is 342 g/mol. The summed E-state index contributed by atoms with van der Waals surface area (Å²) in [7, 11) is -4.06. The molecular formula is C15H14F2N2O4S. The third-order valence-corrected chi connectivity index (χ3v) is 4.21. The highest BCUT2D eigenvalue weighted by Crippen LogP contribution is 2.17. The molecule has 2 aromatic carbocycles. The third-order valence-electron chi connectivity index (χ3n) is 2.94. The van der Waals surface area contributed by atoms with Crippen molar-refractivity contribution in [1.29, 1.82) is 0 Å². The summed E-state index contributed by atoms with van der Waals surface area (Å²) in [5.74, 6) is -2.21. The Morgan fingerprint density at radius 3 is 2.33 bits per heavy atom. The number of para-hydroxylation sites is 1. The standard InChI is InChI=1S/C15H14F2N2O4S/c1-10(23-14-5-3-2-4-13(14)17)15(20)18-19-24(21,22)12-8-6-11(16)7-9-12/h2-10,19H,1H3,(H,18,20)/t10-/m0/s1. The topological polar surface area (TPSA) is 84.5 Å². The number of ether oxygens (including phenoxy) is 1. The summed E-state index contributed by atoms with van der Waals surface area (Å²) in [5.41, 5.74) is 1.96. The van der Waals surface area contributed by atoms with Crippen LogP contribution in [0.1, 0.15) is 6.92 Å². The summed E-state index contributed by atoms with van der Waals surface area (Å²) >= 11 is 0. The average molecular weight is 356 g/mol. The number of halogens is 2. The molecule has 24 heavy (non-hydrogen) atoms. The molecule has 0 spiro atoms. The van der Waals surface area contributed by atoms with Gasteiger partial charge in [0.15, 0.2) is 17.7 Å². The second-order valence-corrected chi connectivity index (χ2v) is 6.42.